The SMILES string of the molecule is Cc1ccc(OCC(O)CNC(C)C(C)CO)cc1. The summed E-state index contributed by atoms with van der Waals surface area (Å²) < 4.78 is 5.50. The highest BCUT2D eigenvalue weighted by atomic mass is 16.5. The molecule has 0 radical (unpaired) electrons. The van der Waals surface area contributed by atoms with E-state index in [4.69, 9.17) is 9.84 Å². The van der Waals surface area contributed by atoms with Crippen molar-refractivity contribution < 1.29 is 14.9 Å². The van der Waals surface area contributed by atoms with Gasteiger partial charge in [-0.05, 0) is 31.9 Å². The van der Waals surface area contributed by atoms with Crippen molar-refractivity contribution in [1.29, 1.82) is 0 Å². The molecule has 4 nitrogen and oxygen atoms in total. The number of rotatable bonds is 8. The third kappa shape index (κ3) is 6.05. The van der Waals surface area contributed by atoms with Crippen LogP contribution in [0.3, 0.4) is 0 Å². The number of aliphatic hydroxyl groups is 2. The number of benzene rings is 1. The quantitative estimate of drug-likeness (QED) is 0.665. The van der Waals surface area contributed by atoms with Gasteiger partial charge >= 0.3 is 0 Å². The average molecular weight is 267 g/mol. The van der Waals surface area contributed by atoms with E-state index in [0.29, 0.717) is 6.54 Å². The van der Waals surface area contributed by atoms with Crippen LogP contribution in [0.5, 0.6) is 5.75 Å². The summed E-state index contributed by atoms with van der Waals surface area (Å²) in [5.41, 5.74) is 1.18. The predicted molar refractivity (Wildman–Crippen MR) is 76.4 cm³/mol. The molecule has 0 spiro atoms. The van der Waals surface area contributed by atoms with Crippen LogP contribution < -0.4 is 10.1 Å². The van der Waals surface area contributed by atoms with Crippen LogP contribution in [0.15, 0.2) is 24.3 Å². The molecule has 3 atom stereocenters. The third-order valence-electron chi connectivity index (χ3n) is 3.28. The van der Waals surface area contributed by atoms with Gasteiger partial charge in [0.05, 0.1) is 0 Å². The molecule has 1 rings (SSSR count). The molecule has 0 bridgehead atoms. The number of aryl methyl sites for hydroxylation is 1. The minimum absolute atomic E-state index is 0.143. The zero-order chi connectivity index (χ0) is 14.3. The fourth-order valence-corrected chi connectivity index (χ4v) is 1.57. The maximum Gasteiger partial charge on any atom is 0.119 e. The lowest BCUT2D eigenvalue weighted by Gasteiger charge is -2.21. The number of ether oxygens (including phenoxy) is 1. The molecule has 1 aromatic rings. The van der Waals surface area contributed by atoms with Crippen LogP contribution in [0.2, 0.25) is 0 Å². The smallest absolute Gasteiger partial charge is 0.119 e. The van der Waals surface area contributed by atoms with Crippen molar-refractivity contribution in [2.75, 3.05) is 19.8 Å². The van der Waals surface area contributed by atoms with Gasteiger partial charge < -0.3 is 20.3 Å². The van der Waals surface area contributed by atoms with Gasteiger partial charge in [-0.15, -0.1) is 0 Å². The summed E-state index contributed by atoms with van der Waals surface area (Å²) in [7, 11) is 0. The topological polar surface area (TPSA) is 61.7 Å². The first kappa shape index (κ1) is 16.0. The Balaban J connectivity index is 2.24. The van der Waals surface area contributed by atoms with Gasteiger partial charge in [0.25, 0.3) is 0 Å². The van der Waals surface area contributed by atoms with Crippen LogP contribution in [0.1, 0.15) is 19.4 Å². The molecule has 0 aromatic heterocycles. The molecule has 19 heavy (non-hydrogen) atoms. The molecular formula is C15H25NO3. The summed E-state index contributed by atoms with van der Waals surface area (Å²) in [4.78, 5) is 0. The third-order valence-corrected chi connectivity index (χ3v) is 3.28. The lowest BCUT2D eigenvalue weighted by molar-refractivity contribution is 0.0992. The largest absolute Gasteiger partial charge is 0.491 e. The minimum atomic E-state index is -0.561. The Hall–Kier alpha value is -1.10. The number of hydrogen-bond donors (Lipinski definition) is 3. The van der Waals surface area contributed by atoms with Gasteiger partial charge in [0, 0.05) is 19.2 Å². The van der Waals surface area contributed by atoms with Crippen molar-refractivity contribution >= 4 is 0 Å². The lowest BCUT2D eigenvalue weighted by Crippen LogP contribution is -2.40. The van der Waals surface area contributed by atoms with Crippen LogP contribution in [0.4, 0.5) is 0 Å². The predicted octanol–water partition coefficient (Wildman–Crippen LogP) is 1.34. The van der Waals surface area contributed by atoms with Crippen LogP contribution in [0, 0.1) is 12.8 Å². The summed E-state index contributed by atoms with van der Waals surface area (Å²) >= 11 is 0. The molecular weight excluding hydrogens is 242 g/mol. The van der Waals surface area contributed by atoms with E-state index in [1.54, 1.807) is 0 Å². The second kappa shape index (κ2) is 8.15. The van der Waals surface area contributed by atoms with E-state index in [0.717, 1.165) is 5.75 Å². The van der Waals surface area contributed by atoms with Crippen molar-refractivity contribution in [2.45, 2.75) is 32.9 Å². The highest BCUT2D eigenvalue weighted by Gasteiger charge is 2.12. The summed E-state index contributed by atoms with van der Waals surface area (Å²) in [5, 5.41) is 22.0. The molecule has 0 aliphatic heterocycles. The number of hydrogen-bond acceptors (Lipinski definition) is 4. The van der Waals surface area contributed by atoms with Crippen molar-refractivity contribution in [3.8, 4) is 5.75 Å². The fourth-order valence-electron chi connectivity index (χ4n) is 1.57. The van der Waals surface area contributed by atoms with Crippen molar-refractivity contribution in [1.82, 2.24) is 5.32 Å². The Morgan fingerprint density at radius 1 is 1.21 bits per heavy atom. The van der Waals surface area contributed by atoms with Crippen molar-refractivity contribution in [3.63, 3.8) is 0 Å². The van der Waals surface area contributed by atoms with E-state index in [1.807, 2.05) is 45.0 Å². The Labute approximate surface area is 115 Å². The molecule has 4 heteroatoms. The zero-order valence-corrected chi connectivity index (χ0v) is 12.0. The summed E-state index contributed by atoms with van der Waals surface area (Å²) in [6.45, 7) is 6.84. The fraction of sp³-hybridized carbons (Fsp3) is 0.600. The first-order valence-electron chi connectivity index (χ1n) is 6.74. The maximum absolute atomic E-state index is 9.82. The molecule has 0 aliphatic rings. The second-order valence-corrected chi connectivity index (χ2v) is 5.13. The van der Waals surface area contributed by atoms with Crippen molar-refractivity contribution in [2.24, 2.45) is 5.92 Å². The number of aliphatic hydroxyl groups excluding tert-OH is 2. The lowest BCUT2D eigenvalue weighted by atomic mass is 10.1. The van der Waals surface area contributed by atoms with Gasteiger partial charge in [-0.3, -0.25) is 0 Å². The molecule has 108 valence electrons. The van der Waals surface area contributed by atoms with Crippen molar-refractivity contribution in [3.05, 3.63) is 29.8 Å². The molecule has 0 aliphatic carbocycles. The molecule has 0 fully saturated rings. The van der Waals surface area contributed by atoms with Gasteiger partial charge in [0.15, 0.2) is 0 Å². The van der Waals surface area contributed by atoms with Gasteiger partial charge in [-0.2, -0.15) is 0 Å². The first-order valence-corrected chi connectivity index (χ1v) is 6.74. The molecule has 0 heterocycles. The highest BCUT2D eigenvalue weighted by molar-refractivity contribution is 5.26. The highest BCUT2D eigenvalue weighted by Crippen LogP contribution is 2.11. The molecule has 3 unspecified atom stereocenters. The van der Waals surface area contributed by atoms with Crippen LogP contribution in [0.25, 0.3) is 0 Å². The van der Waals surface area contributed by atoms with E-state index in [2.05, 4.69) is 5.32 Å². The minimum Gasteiger partial charge on any atom is -0.491 e. The van der Waals surface area contributed by atoms with E-state index in [-0.39, 0.29) is 25.2 Å². The molecule has 0 amide bonds. The number of nitrogens with one attached hydrogen (secondary N) is 1. The van der Waals surface area contributed by atoms with Gasteiger partial charge in [0.2, 0.25) is 0 Å². The van der Waals surface area contributed by atoms with Gasteiger partial charge in [-0.25, -0.2) is 0 Å². The van der Waals surface area contributed by atoms with Crippen LogP contribution in [-0.4, -0.2) is 42.1 Å². The Kier molecular flexibility index (Phi) is 6.84. The molecule has 3 N–H and O–H groups in total. The Bertz CT molecular complexity index is 353. The maximum atomic E-state index is 9.82. The summed E-state index contributed by atoms with van der Waals surface area (Å²) in [6.07, 6.45) is -0.561. The van der Waals surface area contributed by atoms with Gasteiger partial charge in [0.1, 0.15) is 18.5 Å². The average Bonchev–Trinajstić information content (AvgIpc) is 2.43. The van der Waals surface area contributed by atoms with E-state index in [1.165, 1.54) is 5.56 Å². The molecule has 0 saturated carbocycles. The Morgan fingerprint density at radius 3 is 2.42 bits per heavy atom. The normalized spacial score (nSPS) is 15.8. The standard InChI is InChI=1S/C15H25NO3/c1-11-4-6-15(7-5-11)19-10-14(18)8-16-13(3)12(2)9-17/h4-7,12-14,16-18H,8-10H2,1-3H3. The van der Waals surface area contributed by atoms with Crippen LogP contribution in [-0.2, 0) is 0 Å². The molecule has 0 saturated heterocycles. The van der Waals surface area contributed by atoms with E-state index in [9.17, 15) is 5.11 Å². The zero-order valence-electron chi connectivity index (χ0n) is 12.0. The monoisotopic (exact) mass is 267 g/mol. The van der Waals surface area contributed by atoms with Crippen LogP contribution >= 0.6 is 0 Å². The molecule has 1 aromatic carbocycles. The van der Waals surface area contributed by atoms with E-state index >= 15 is 0 Å². The van der Waals surface area contributed by atoms with Gasteiger partial charge in [-0.1, -0.05) is 24.6 Å². The summed E-state index contributed by atoms with van der Waals surface area (Å²) in [5.74, 6) is 0.937. The summed E-state index contributed by atoms with van der Waals surface area (Å²) in [6, 6.07) is 7.91. The van der Waals surface area contributed by atoms with E-state index < -0.39 is 6.10 Å². The Morgan fingerprint density at radius 2 is 1.84 bits per heavy atom. The first-order chi connectivity index (χ1) is 9.02. The second-order valence-electron chi connectivity index (χ2n) is 5.13.